The number of amides is 1. The highest BCUT2D eigenvalue weighted by Gasteiger charge is 2.33. The number of benzene rings is 1. The molecule has 1 amide bonds. The number of anilines is 2. The van der Waals surface area contributed by atoms with Crippen LogP contribution in [0.25, 0.3) is 0 Å². The molecule has 0 aliphatic carbocycles. The van der Waals surface area contributed by atoms with E-state index in [2.05, 4.69) is 16.7 Å². The van der Waals surface area contributed by atoms with Crippen molar-refractivity contribution in [2.45, 2.75) is 38.9 Å². The number of fused-ring (bicyclic) bond motifs is 1. The van der Waals surface area contributed by atoms with Gasteiger partial charge in [0.2, 0.25) is 5.95 Å². The first kappa shape index (κ1) is 23.8. The number of nitrogens with zero attached hydrogens (tertiary/aromatic N) is 5. The van der Waals surface area contributed by atoms with Gasteiger partial charge in [0.1, 0.15) is 5.82 Å². The van der Waals surface area contributed by atoms with E-state index in [0.717, 1.165) is 68.2 Å². The lowest BCUT2D eigenvalue weighted by atomic mass is 9.98. The van der Waals surface area contributed by atoms with Gasteiger partial charge in [0, 0.05) is 50.3 Å². The lowest BCUT2D eigenvalue weighted by Gasteiger charge is -2.37. The Morgan fingerprint density at radius 2 is 1.77 bits per heavy atom. The highest BCUT2D eigenvalue weighted by molar-refractivity contribution is 5.94. The Kier molecular flexibility index (Phi) is 6.57. The number of morpholine rings is 1. The van der Waals surface area contributed by atoms with E-state index in [9.17, 15) is 18.0 Å². The minimum absolute atomic E-state index is 0.0440. The Morgan fingerprint density at radius 3 is 2.49 bits per heavy atom. The van der Waals surface area contributed by atoms with Crippen LogP contribution in [-0.2, 0) is 23.9 Å². The molecule has 0 N–H and O–H groups in total. The van der Waals surface area contributed by atoms with Crippen molar-refractivity contribution < 1.29 is 22.7 Å². The normalized spacial score (nSPS) is 19.6. The van der Waals surface area contributed by atoms with Crippen LogP contribution in [0, 0.1) is 5.92 Å². The molecule has 0 saturated carbocycles. The van der Waals surface area contributed by atoms with Crippen LogP contribution in [0.4, 0.5) is 24.9 Å². The second kappa shape index (κ2) is 9.64. The smallest absolute Gasteiger partial charge is 0.378 e. The Morgan fingerprint density at radius 1 is 1.03 bits per heavy atom. The minimum atomic E-state index is -4.49. The van der Waals surface area contributed by atoms with E-state index >= 15 is 0 Å². The maximum atomic E-state index is 13.2. The molecule has 2 aromatic rings. The Bertz CT molecular complexity index is 1080. The molecule has 3 aliphatic heterocycles. The summed E-state index contributed by atoms with van der Waals surface area (Å²) in [6, 6.07) is 4.64. The van der Waals surface area contributed by atoms with Crippen molar-refractivity contribution >= 4 is 17.7 Å². The maximum Gasteiger partial charge on any atom is 0.416 e. The summed E-state index contributed by atoms with van der Waals surface area (Å²) < 4.78 is 45.1. The summed E-state index contributed by atoms with van der Waals surface area (Å²) >= 11 is 0. The molecule has 5 rings (SSSR count). The van der Waals surface area contributed by atoms with Gasteiger partial charge in [-0.2, -0.15) is 18.2 Å². The summed E-state index contributed by atoms with van der Waals surface area (Å²) in [6.07, 6.45) is -1.82. The van der Waals surface area contributed by atoms with Gasteiger partial charge in [-0.15, -0.1) is 0 Å². The third kappa shape index (κ3) is 5.07. The Labute approximate surface area is 202 Å². The molecule has 3 aliphatic rings. The number of rotatable bonds is 3. The van der Waals surface area contributed by atoms with Gasteiger partial charge in [-0.3, -0.25) is 4.79 Å². The van der Waals surface area contributed by atoms with Crippen LogP contribution in [0.3, 0.4) is 0 Å². The molecule has 0 bridgehead atoms. The zero-order valence-electron chi connectivity index (χ0n) is 19.9. The van der Waals surface area contributed by atoms with Crippen molar-refractivity contribution in [3.05, 3.63) is 46.6 Å². The molecule has 4 heterocycles. The average Bonchev–Trinajstić information content (AvgIpc) is 2.88. The van der Waals surface area contributed by atoms with Gasteiger partial charge >= 0.3 is 6.18 Å². The van der Waals surface area contributed by atoms with Gasteiger partial charge in [0.15, 0.2) is 0 Å². The molecule has 1 aromatic heterocycles. The number of ether oxygens (including phenoxy) is 1. The third-order valence-electron chi connectivity index (χ3n) is 7.13. The monoisotopic (exact) mass is 489 g/mol. The van der Waals surface area contributed by atoms with Crippen molar-refractivity contribution in [3.63, 3.8) is 0 Å². The molecule has 2 fully saturated rings. The lowest BCUT2D eigenvalue weighted by molar-refractivity contribution is -0.137. The SMILES string of the molecule is CC1CCN(c2nc(N3CCOCC3)nc3c2CN(C(=O)c2cccc(C(F)(F)F)c2)CC3)CC1. The van der Waals surface area contributed by atoms with E-state index in [0.29, 0.717) is 38.0 Å². The number of piperidine rings is 1. The van der Waals surface area contributed by atoms with Crippen LogP contribution in [0.1, 0.15) is 46.9 Å². The van der Waals surface area contributed by atoms with Gasteiger partial charge in [0.25, 0.3) is 5.91 Å². The number of halogens is 3. The first-order valence-electron chi connectivity index (χ1n) is 12.2. The molecule has 10 heteroatoms. The standard InChI is InChI=1S/C25H30F3N5O2/c1-17-5-8-31(9-6-17)22-20-16-33(23(34)18-3-2-4-19(15-18)25(26,27)28)10-7-21(20)29-24(30-22)32-11-13-35-14-12-32/h2-4,15,17H,5-14,16H2,1H3. The molecule has 0 radical (unpaired) electrons. The van der Waals surface area contributed by atoms with Crippen LogP contribution in [-0.4, -0.2) is 66.7 Å². The van der Waals surface area contributed by atoms with Crippen LogP contribution >= 0.6 is 0 Å². The number of carbonyl (C=O) groups is 1. The van der Waals surface area contributed by atoms with Crippen LogP contribution in [0.5, 0.6) is 0 Å². The minimum Gasteiger partial charge on any atom is -0.378 e. The summed E-state index contributed by atoms with van der Waals surface area (Å²) in [7, 11) is 0. The largest absolute Gasteiger partial charge is 0.416 e. The van der Waals surface area contributed by atoms with Gasteiger partial charge < -0.3 is 19.4 Å². The Balaban J connectivity index is 1.45. The second-order valence-electron chi connectivity index (χ2n) is 9.60. The zero-order valence-corrected chi connectivity index (χ0v) is 19.9. The van der Waals surface area contributed by atoms with E-state index in [1.54, 1.807) is 4.90 Å². The molecular formula is C25H30F3N5O2. The summed E-state index contributed by atoms with van der Waals surface area (Å²) in [5.74, 6) is 1.79. The van der Waals surface area contributed by atoms with Crippen molar-refractivity contribution in [1.82, 2.24) is 14.9 Å². The average molecular weight is 490 g/mol. The maximum absolute atomic E-state index is 13.2. The first-order chi connectivity index (χ1) is 16.8. The van der Waals surface area contributed by atoms with Crippen molar-refractivity contribution in [3.8, 4) is 0 Å². The summed E-state index contributed by atoms with van der Waals surface area (Å²) in [6.45, 7) is 7.44. The molecule has 1 aromatic carbocycles. The molecular weight excluding hydrogens is 459 g/mol. The number of hydrogen-bond donors (Lipinski definition) is 0. The quantitative estimate of drug-likeness (QED) is 0.654. The predicted octanol–water partition coefficient (Wildman–Crippen LogP) is 3.77. The zero-order chi connectivity index (χ0) is 24.6. The predicted molar refractivity (Wildman–Crippen MR) is 126 cm³/mol. The fraction of sp³-hybridized carbons (Fsp3) is 0.560. The number of carbonyl (C=O) groups excluding carboxylic acids is 1. The first-order valence-corrected chi connectivity index (χ1v) is 12.2. The topological polar surface area (TPSA) is 61.8 Å². The molecule has 35 heavy (non-hydrogen) atoms. The highest BCUT2D eigenvalue weighted by atomic mass is 19.4. The van der Waals surface area contributed by atoms with E-state index in [1.165, 1.54) is 12.1 Å². The fourth-order valence-corrected chi connectivity index (χ4v) is 4.96. The summed E-state index contributed by atoms with van der Waals surface area (Å²) in [5.41, 5.74) is 1.05. The second-order valence-corrected chi connectivity index (χ2v) is 9.60. The number of alkyl halides is 3. The van der Waals surface area contributed by atoms with Crippen LogP contribution in [0.15, 0.2) is 24.3 Å². The van der Waals surface area contributed by atoms with Crippen molar-refractivity contribution in [2.24, 2.45) is 5.92 Å². The van der Waals surface area contributed by atoms with Crippen molar-refractivity contribution in [1.29, 1.82) is 0 Å². The van der Waals surface area contributed by atoms with Crippen LogP contribution < -0.4 is 9.80 Å². The van der Waals surface area contributed by atoms with E-state index in [4.69, 9.17) is 14.7 Å². The molecule has 0 atom stereocenters. The molecule has 0 unspecified atom stereocenters. The number of aromatic nitrogens is 2. The van der Waals surface area contributed by atoms with E-state index in [-0.39, 0.29) is 12.1 Å². The Hall–Kier alpha value is -2.88. The van der Waals surface area contributed by atoms with Crippen LogP contribution in [0.2, 0.25) is 0 Å². The number of hydrogen-bond acceptors (Lipinski definition) is 6. The summed E-state index contributed by atoms with van der Waals surface area (Å²) in [4.78, 5) is 29.1. The summed E-state index contributed by atoms with van der Waals surface area (Å²) in [5, 5.41) is 0. The molecule has 0 spiro atoms. The van der Waals surface area contributed by atoms with Gasteiger partial charge in [-0.05, 0) is 37.0 Å². The lowest BCUT2D eigenvalue weighted by Crippen LogP contribution is -2.42. The third-order valence-corrected chi connectivity index (χ3v) is 7.13. The van der Waals surface area contributed by atoms with Gasteiger partial charge in [-0.1, -0.05) is 13.0 Å². The molecule has 2 saturated heterocycles. The fourth-order valence-electron chi connectivity index (χ4n) is 4.96. The van der Waals surface area contributed by atoms with E-state index in [1.807, 2.05) is 0 Å². The molecule has 188 valence electrons. The molecule has 7 nitrogen and oxygen atoms in total. The van der Waals surface area contributed by atoms with Gasteiger partial charge in [-0.25, -0.2) is 4.98 Å². The van der Waals surface area contributed by atoms with Crippen molar-refractivity contribution in [2.75, 3.05) is 55.7 Å². The van der Waals surface area contributed by atoms with E-state index < -0.39 is 17.6 Å². The van der Waals surface area contributed by atoms with Gasteiger partial charge in [0.05, 0.1) is 31.0 Å². The highest BCUT2D eigenvalue weighted by Crippen LogP contribution is 2.33.